The van der Waals surface area contributed by atoms with Crippen molar-refractivity contribution < 1.29 is 5.11 Å². The largest absolute Gasteiger partial charge is 0.378 e. The van der Waals surface area contributed by atoms with Crippen molar-refractivity contribution in [3.63, 3.8) is 0 Å². The van der Waals surface area contributed by atoms with Gasteiger partial charge >= 0.3 is 0 Å². The van der Waals surface area contributed by atoms with E-state index in [-0.39, 0.29) is 0 Å². The minimum absolute atomic E-state index is 0.592. The van der Waals surface area contributed by atoms with Gasteiger partial charge in [-0.15, -0.1) is 5.92 Å². The van der Waals surface area contributed by atoms with Crippen molar-refractivity contribution in [1.29, 1.82) is 0 Å². The van der Waals surface area contributed by atoms with E-state index in [2.05, 4.69) is 46.5 Å². The van der Waals surface area contributed by atoms with Gasteiger partial charge in [0.05, 0.1) is 0 Å². The Balaban J connectivity index is 4.42. The minimum Gasteiger partial charge on any atom is -0.378 e. The molecule has 0 radical (unpaired) electrons. The predicted octanol–water partition coefficient (Wildman–Crippen LogP) is 3.72. The summed E-state index contributed by atoms with van der Waals surface area (Å²) < 4.78 is 0. The number of hydrogen-bond acceptors (Lipinski definition) is 1. The van der Waals surface area contributed by atoms with Crippen molar-refractivity contribution in [2.45, 2.75) is 60.5 Å². The van der Waals surface area contributed by atoms with Crippen LogP contribution in [-0.4, -0.2) is 10.7 Å². The van der Waals surface area contributed by atoms with Crippen LogP contribution >= 0.6 is 0 Å². The van der Waals surface area contributed by atoms with Gasteiger partial charge in [0.2, 0.25) is 0 Å². The topological polar surface area (TPSA) is 20.2 Å². The zero-order chi connectivity index (χ0) is 12.9. The van der Waals surface area contributed by atoms with Crippen LogP contribution < -0.4 is 0 Å². The second-order valence-corrected chi connectivity index (χ2v) is 6.11. The highest BCUT2D eigenvalue weighted by Crippen LogP contribution is 2.30. The molecule has 0 aromatic rings. The fourth-order valence-electron chi connectivity index (χ4n) is 2.65. The lowest BCUT2D eigenvalue weighted by atomic mass is 9.75. The molecule has 0 bridgehead atoms. The highest BCUT2D eigenvalue weighted by atomic mass is 16.3. The predicted molar refractivity (Wildman–Crippen MR) is 71.0 cm³/mol. The van der Waals surface area contributed by atoms with Crippen LogP contribution in [0.2, 0.25) is 0 Å². The Bertz CT molecular complexity index is 239. The molecular formula is C15H28O. The average Bonchev–Trinajstić information content (AvgIpc) is 1.99. The molecule has 16 heavy (non-hydrogen) atoms. The van der Waals surface area contributed by atoms with Crippen LogP contribution in [0.15, 0.2) is 0 Å². The standard InChI is InChI=1S/C15H28O/c1-11(2)14(12(3)4)13(5)9-8-10-15(6,7)16/h11-14,16H,9H2,1-7H3/t13-/m1/s1. The van der Waals surface area contributed by atoms with Crippen molar-refractivity contribution in [2.24, 2.45) is 23.7 Å². The summed E-state index contributed by atoms with van der Waals surface area (Å²) in [5, 5.41) is 9.51. The molecule has 0 aliphatic heterocycles. The van der Waals surface area contributed by atoms with E-state index >= 15 is 0 Å². The van der Waals surface area contributed by atoms with Gasteiger partial charge in [0.1, 0.15) is 5.60 Å². The van der Waals surface area contributed by atoms with E-state index in [9.17, 15) is 5.11 Å². The van der Waals surface area contributed by atoms with Crippen molar-refractivity contribution in [3.8, 4) is 11.8 Å². The Hall–Kier alpha value is -0.480. The fourth-order valence-corrected chi connectivity index (χ4v) is 2.65. The maximum atomic E-state index is 9.51. The number of aliphatic hydroxyl groups is 1. The first-order chi connectivity index (χ1) is 7.15. The monoisotopic (exact) mass is 224 g/mol. The maximum Gasteiger partial charge on any atom is 0.119 e. The molecule has 1 heteroatoms. The summed E-state index contributed by atoms with van der Waals surface area (Å²) in [7, 11) is 0. The molecule has 0 aliphatic rings. The average molecular weight is 224 g/mol. The molecule has 0 amide bonds. The highest BCUT2D eigenvalue weighted by molar-refractivity contribution is 5.10. The smallest absolute Gasteiger partial charge is 0.119 e. The van der Waals surface area contributed by atoms with Gasteiger partial charge in [0.25, 0.3) is 0 Å². The lowest BCUT2D eigenvalue weighted by Gasteiger charge is -2.30. The molecule has 0 heterocycles. The van der Waals surface area contributed by atoms with Crippen molar-refractivity contribution in [2.75, 3.05) is 0 Å². The molecule has 1 atom stereocenters. The van der Waals surface area contributed by atoms with Crippen molar-refractivity contribution >= 4 is 0 Å². The van der Waals surface area contributed by atoms with E-state index < -0.39 is 5.60 Å². The summed E-state index contributed by atoms with van der Waals surface area (Å²) in [6, 6.07) is 0. The van der Waals surface area contributed by atoms with Gasteiger partial charge < -0.3 is 5.11 Å². The molecule has 0 unspecified atom stereocenters. The van der Waals surface area contributed by atoms with Gasteiger partial charge in [0.15, 0.2) is 0 Å². The molecule has 0 aromatic heterocycles. The molecular weight excluding hydrogens is 196 g/mol. The van der Waals surface area contributed by atoms with Gasteiger partial charge in [-0.25, -0.2) is 0 Å². The summed E-state index contributed by atoms with van der Waals surface area (Å²) in [6.45, 7) is 14.9. The normalized spacial score (nSPS) is 14.2. The van der Waals surface area contributed by atoms with Crippen LogP contribution in [0.3, 0.4) is 0 Å². The number of rotatable bonds is 4. The van der Waals surface area contributed by atoms with E-state index in [1.54, 1.807) is 13.8 Å². The second kappa shape index (κ2) is 6.30. The Labute approximate surface area is 102 Å². The Morgan fingerprint density at radius 2 is 1.44 bits per heavy atom. The van der Waals surface area contributed by atoms with Crippen molar-refractivity contribution in [1.82, 2.24) is 0 Å². The molecule has 0 saturated heterocycles. The SMILES string of the molecule is CC(C)C(C(C)C)[C@H](C)CC#CC(C)(C)O. The van der Waals surface area contributed by atoms with Crippen LogP contribution in [0.5, 0.6) is 0 Å². The van der Waals surface area contributed by atoms with Crippen LogP contribution in [-0.2, 0) is 0 Å². The third-order valence-electron chi connectivity index (χ3n) is 3.01. The van der Waals surface area contributed by atoms with E-state index in [1.165, 1.54) is 0 Å². The molecule has 1 nitrogen and oxygen atoms in total. The fraction of sp³-hybridized carbons (Fsp3) is 0.867. The maximum absolute atomic E-state index is 9.51. The molecule has 1 N–H and O–H groups in total. The zero-order valence-corrected chi connectivity index (χ0v) is 12.0. The molecule has 0 rings (SSSR count). The van der Waals surface area contributed by atoms with Crippen LogP contribution in [0.1, 0.15) is 54.9 Å². The summed E-state index contributed by atoms with van der Waals surface area (Å²) in [5.74, 6) is 8.69. The zero-order valence-electron chi connectivity index (χ0n) is 12.0. The van der Waals surface area contributed by atoms with Crippen LogP contribution in [0, 0.1) is 35.5 Å². The highest BCUT2D eigenvalue weighted by Gasteiger charge is 2.23. The summed E-state index contributed by atoms with van der Waals surface area (Å²) in [5.41, 5.74) is -0.856. The Morgan fingerprint density at radius 1 is 1.00 bits per heavy atom. The Morgan fingerprint density at radius 3 is 1.75 bits per heavy atom. The lowest BCUT2D eigenvalue weighted by molar-refractivity contribution is 0.143. The number of hydrogen-bond donors (Lipinski definition) is 1. The Kier molecular flexibility index (Phi) is 6.11. The molecule has 0 aromatic carbocycles. The third-order valence-corrected chi connectivity index (χ3v) is 3.01. The van der Waals surface area contributed by atoms with Gasteiger partial charge in [-0.3, -0.25) is 0 Å². The third kappa shape index (κ3) is 6.18. The first-order valence-corrected chi connectivity index (χ1v) is 6.37. The summed E-state index contributed by atoms with van der Waals surface area (Å²) >= 11 is 0. The van der Waals surface area contributed by atoms with Crippen LogP contribution in [0.4, 0.5) is 0 Å². The molecule has 0 fully saturated rings. The van der Waals surface area contributed by atoms with Gasteiger partial charge in [-0.05, 0) is 37.5 Å². The first kappa shape index (κ1) is 15.5. The van der Waals surface area contributed by atoms with Gasteiger partial charge in [0, 0.05) is 6.42 Å². The first-order valence-electron chi connectivity index (χ1n) is 6.37. The summed E-state index contributed by atoms with van der Waals surface area (Å²) in [4.78, 5) is 0. The minimum atomic E-state index is -0.856. The molecule has 0 aliphatic carbocycles. The second-order valence-electron chi connectivity index (χ2n) is 6.11. The van der Waals surface area contributed by atoms with Gasteiger partial charge in [-0.2, -0.15) is 0 Å². The van der Waals surface area contributed by atoms with E-state index in [4.69, 9.17) is 0 Å². The lowest BCUT2D eigenvalue weighted by Crippen LogP contribution is -2.23. The molecule has 0 saturated carbocycles. The van der Waals surface area contributed by atoms with E-state index in [0.717, 1.165) is 6.42 Å². The van der Waals surface area contributed by atoms with Crippen molar-refractivity contribution in [3.05, 3.63) is 0 Å². The quantitative estimate of drug-likeness (QED) is 0.722. The molecule has 0 spiro atoms. The van der Waals surface area contributed by atoms with Gasteiger partial charge in [-0.1, -0.05) is 40.5 Å². The van der Waals surface area contributed by atoms with E-state index in [1.807, 2.05) is 0 Å². The summed E-state index contributed by atoms with van der Waals surface area (Å²) in [6.07, 6.45) is 0.880. The van der Waals surface area contributed by atoms with E-state index in [0.29, 0.717) is 23.7 Å². The molecule has 94 valence electrons. The van der Waals surface area contributed by atoms with Crippen LogP contribution in [0.25, 0.3) is 0 Å².